The van der Waals surface area contributed by atoms with Crippen LogP contribution in [0.2, 0.25) is 0 Å². The Labute approximate surface area is 166 Å². The Morgan fingerprint density at radius 3 is 2.39 bits per heavy atom. The Balaban J connectivity index is 1.57. The van der Waals surface area contributed by atoms with Crippen molar-refractivity contribution in [2.75, 3.05) is 9.62 Å². The van der Waals surface area contributed by atoms with E-state index in [1.54, 1.807) is 30.3 Å². The molecule has 1 aliphatic carbocycles. The number of sulfonamides is 1. The molecule has 1 atom stereocenters. The van der Waals surface area contributed by atoms with Gasteiger partial charge in [-0.1, -0.05) is 26.0 Å². The number of nitrogens with zero attached hydrogens (tertiary/aromatic N) is 1. The van der Waals surface area contributed by atoms with Gasteiger partial charge in [0.25, 0.3) is 10.0 Å². The Hall–Kier alpha value is -2.34. The van der Waals surface area contributed by atoms with E-state index in [0.29, 0.717) is 18.0 Å². The van der Waals surface area contributed by atoms with E-state index >= 15 is 0 Å². The number of hydrogen-bond donors (Lipinski definition) is 1. The van der Waals surface area contributed by atoms with Crippen LogP contribution in [0.3, 0.4) is 0 Å². The van der Waals surface area contributed by atoms with Gasteiger partial charge in [0.1, 0.15) is 0 Å². The van der Waals surface area contributed by atoms with Gasteiger partial charge in [0.05, 0.1) is 4.90 Å². The summed E-state index contributed by atoms with van der Waals surface area (Å²) in [6.45, 7) is 6.22. The van der Waals surface area contributed by atoms with Crippen molar-refractivity contribution < 1.29 is 13.2 Å². The predicted molar refractivity (Wildman–Crippen MR) is 111 cm³/mol. The number of carbonyl (C=O) groups excluding carboxylic acids is 1. The van der Waals surface area contributed by atoms with E-state index in [-0.39, 0.29) is 22.8 Å². The van der Waals surface area contributed by atoms with Gasteiger partial charge in [0.15, 0.2) is 0 Å². The SMILES string of the molecule is CC(C)c1ccc(NS(=O)(=O)c2ccc3c(c2)C[C@@H](C)N3C(=O)C2CC2)cc1. The first kappa shape index (κ1) is 19.0. The van der Waals surface area contributed by atoms with Crippen molar-refractivity contribution in [3.8, 4) is 0 Å². The molecule has 148 valence electrons. The molecule has 0 saturated heterocycles. The van der Waals surface area contributed by atoms with Crippen LogP contribution in [0.1, 0.15) is 50.7 Å². The van der Waals surface area contributed by atoms with Gasteiger partial charge in [0.2, 0.25) is 5.91 Å². The molecule has 4 rings (SSSR count). The van der Waals surface area contributed by atoms with E-state index in [1.165, 1.54) is 0 Å². The van der Waals surface area contributed by atoms with E-state index in [9.17, 15) is 13.2 Å². The Morgan fingerprint density at radius 1 is 1.11 bits per heavy atom. The minimum absolute atomic E-state index is 0.0672. The van der Waals surface area contributed by atoms with E-state index in [1.807, 2.05) is 24.0 Å². The summed E-state index contributed by atoms with van der Waals surface area (Å²) in [5, 5.41) is 0. The van der Waals surface area contributed by atoms with Crippen LogP contribution < -0.4 is 9.62 Å². The number of rotatable bonds is 5. The summed E-state index contributed by atoms with van der Waals surface area (Å²) in [5.74, 6) is 0.711. The molecule has 1 heterocycles. The molecule has 0 radical (unpaired) electrons. The monoisotopic (exact) mass is 398 g/mol. The van der Waals surface area contributed by atoms with Crippen LogP contribution in [0.5, 0.6) is 0 Å². The molecular formula is C22H26N2O3S. The fourth-order valence-corrected chi connectivity index (χ4v) is 4.90. The molecule has 2 aromatic carbocycles. The lowest BCUT2D eigenvalue weighted by molar-refractivity contribution is -0.120. The zero-order valence-electron chi connectivity index (χ0n) is 16.5. The number of fused-ring (bicyclic) bond motifs is 1. The number of benzene rings is 2. The second kappa shape index (κ2) is 6.92. The number of amides is 1. The van der Waals surface area contributed by atoms with Crippen molar-refractivity contribution in [2.24, 2.45) is 5.92 Å². The van der Waals surface area contributed by atoms with Crippen LogP contribution in [0.15, 0.2) is 47.4 Å². The zero-order valence-corrected chi connectivity index (χ0v) is 17.3. The third-order valence-electron chi connectivity index (χ3n) is 5.57. The van der Waals surface area contributed by atoms with E-state index < -0.39 is 10.0 Å². The highest BCUT2D eigenvalue weighted by molar-refractivity contribution is 7.92. The van der Waals surface area contributed by atoms with Gasteiger partial charge in [0, 0.05) is 23.3 Å². The number of anilines is 2. The van der Waals surface area contributed by atoms with Gasteiger partial charge in [-0.25, -0.2) is 8.42 Å². The Morgan fingerprint density at radius 2 is 1.79 bits per heavy atom. The third kappa shape index (κ3) is 3.53. The molecule has 1 saturated carbocycles. The largest absolute Gasteiger partial charge is 0.309 e. The summed E-state index contributed by atoms with van der Waals surface area (Å²) in [6, 6.07) is 12.6. The van der Waals surface area contributed by atoms with Crippen molar-refractivity contribution >= 4 is 27.3 Å². The minimum Gasteiger partial charge on any atom is -0.309 e. The summed E-state index contributed by atoms with van der Waals surface area (Å²) >= 11 is 0. The summed E-state index contributed by atoms with van der Waals surface area (Å²) in [7, 11) is -3.68. The van der Waals surface area contributed by atoms with E-state index in [2.05, 4.69) is 18.6 Å². The highest BCUT2D eigenvalue weighted by Crippen LogP contribution is 2.39. The topological polar surface area (TPSA) is 66.5 Å². The maximum absolute atomic E-state index is 12.8. The number of hydrogen-bond acceptors (Lipinski definition) is 3. The first-order valence-corrected chi connectivity index (χ1v) is 11.3. The maximum Gasteiger partial charge on any atom is 0.261 e. The maximum atomic E-state index is 12.8. The van der Waals surface area contributed by atoms with Crippen molar-refractivity contribution in [3.05, 3.63) is 53.6 Å². The van der Waals surface area contributed by atoms with Crippen molar-refractivity contribution in [1.29, 1.82) is 0 Å². The molecule has 6 heteroatoms. The van der Waals surface area contributed by atoms with E-state index in [0.717, 1.165) is 29.7 Å². The molecule has 1 fully saturated rings. The zero-order chi connectivity index (χ0) is 20.1. The minimum atomic E-state index is -3.68. The normalized spacial score (nSPS) is 19.0. The van der Waals surface area contributed by atoms with Crippen LogP contribution in [0, 0.1) is 5.92 Å². The molecule has 5 nitrogen and oxygen atoms in total. The number of carbonyl (C=O) groups is 1. The molecular weight excluding hydrogens is 372 g/mol. The van der Waals surface area contributed by atoms with E-state index in [4.69, 9.17) is 0 Å². The average Bonchev–Trinajstić information content (AvgIpc) is 3.43. The molecule has 0 aromatic heterocycles. The molecule has 2 aromatic rings. The van der Waals surface area contributed by atoms with Crippen molar-refractivity contribution in [1.82, 2.24) is 0 Å². The molecule has 0 spiro atoms. The van der Waals surface area contributed by atoms with Gasteiger partial charge >= 0.3 is 0 Å². The van der Waals surface area contributed by atoms with Gasteiger partial charge in [-0.15, -0.1) is 0 Å². The predicted octanol–water partition coefficient (Wildman–Crippen LogP) is 4.30. The first-order valence-electron chi connectivity index (χ1n) is 9.85. The molecule has 2 aliphatic rings. The average molecular weight is 399 g/mol. The Kier molecular flexibility index (Phi) is 4.70. The molecule has 1 amide bonds. The van der Waals surface area contributed by atoms with Gasteiger partial charge in [-0.2, -0.15) is 0 Å². The van der Waals surface area contributed by atoms with Gasteiger partial charge in [-0.05, 0) is 73.6 Å². The quantitative estimate of drug-likeness (QED) is 0.817. The van der Waals surface area contributed by atoms with Crippen LogP contribution in [-0.2, 0) is 21.2 Å². The molecule has 0 unspecified atom stereocenters. The fourth-order valence-electron chi connectivity index (χ4n) is 3.79. The fraction of sp³-hybridized carbons (Fsp3) is 0.409. The van der Waals surface area contributed by atoms with Crippen LogP contribution in [-0.4, -0.2) is 20.4 Å². The van der Waals surface area contributed by atoms with Crippen molar-refractivity contribution in [3.63, 3.8) is 0 Å². The molecule has 1 N–H and O–H groups in total. The third-order valence-corrected chi connectivity index (χ3v) is 6.95. The summed E-state index contributed by atoms with van der Waals surface area (Å²) in [5.41, 5.74) is 3.47. The van der Waals surface area contributed by atoms with Gasteiger partial charge in [-0.3, -0.25) is 9.52 Å². The molecule has 1 aliphatic heterocycles. The van der Waals surface area contributed by atoms with Gasteiger partial charge < -0.3 is 4.90 Å². The van der Waals surface area contributed by atoms with Crippen LogP contribution in [0.4, 0.5) is 11.4 Å². The van der Waals surface area contributed by atoms with Crippen LogP contribution in [0.25, 0.3) is 0 Å². The Bertz CT molecular complexity index is 1010. The smallest absolute Gasteiger partial charge is 0.261 e. The summed E-state index contributed by atoms with van der Waals surface area (Å²) in [4.78, 5) is 14.7. The lowest BCUT2D eigenvalue weighted by Gasteiger charge is -2.22. The highest BCUT2D eigenvalue weighted by atomic mass is 32.2. The lowest BCUT2D eigenvalue weighted by Crippen LogP contribution is -2.36. The summed E-state index contributed by atoms with van der Waals surface area (Å²) in [6.07, 6.45) is 2.60. The molecule has 0 bridgehead atoms. The molecule has 28 heavy (non-hydrogen) atoms. The van der Waals surface area contributed by atoms with Crippen LogP contribution >= 0.6 is 0 Å². The highest BCUT2D eigenvalue weighted by Gasteiger charge is 2.39. The first-order chi connectivity index (χ1) is 13.3. The lowest BCUT2D eigenvalue weighted by atomic mass is 10.0. The number of nitrogens with one attached hydrogen (secondary N) is 1. The summed E-state index contributed by atoms with van der Waals surface area (Å²) < 4.78 is 28.3. The van der Waals surface area contributed by atoms with Crippen molar-refractivity contribution in [2.45, 2.75) is 56.9 Å². The standard InChI is InChI=1S/C22H26N2O3S/c1-14(2)16-6-8-19(9-7-16)23-28(26,27)20-10-11-21-18(13-20)12-15(3)24(21)22(25)17-4-5-17/h6-11,13-15,17,23H,4-5,12H2,1-3H3/t15-/m1/s1. The second-order valence-electron chi connectivity index (χ2n) is 8.21. The second-order valence-corrected chi connectivity index (χ2v) is 9.89.